The molecule has 1 aromatic heterocycles. The van der Waals surface area contributed by atoms with Crippen LogP contribution in [0.4, 0.5) is 0 Å². The third-order valence-corrected chi connectivity index (χ3v) is 5.65. The molecule has 4 rings (SSSR count). The van der Waals surface area contributed by atoms with Gasteiger partial charge in [0.15, 0.2) is 0 Å². The van der Waals surface area contributed by atoms with Crippen LogP contribution < -0.4 is 4.74 Å². The summed E-state index contributed by atoms with van der Waals surface area (Å²) in [7, 11) is 0. The highest BCUT2D eigenvalue weighted by atomic mass is 127. The van der Waals surface area contributed by atoms with Crippen LogP contribution >= 0.6 is 34.1 Å². The van der Waals surface area contributed by atoms with Crippen LogP contribution in [0, 0.1) is 2.88 Å². The summed E-state index contributed by atoms with van der Waals surface area (Å²) in [6.07, 6.45) is 0. The summed E-state index contributed by atoms with van der Waals surface area (Å²) in [6.45, 7) is 0.526. The first-order chi connectivity index (χ1) is 11.8. The first kappa shape index (κ1) is 15.6. The van der Waals surface area contributed by atoms with E-state index in [4.69, 9.17) is 4.74 Å². The fourth-order valence-electron chi connectivity index (χ4n) is 2.75. The maximum absolute atomic E-state index is 6.04. The zero-order valence-corrected chi connectivity index (χ0v) is 15.8. The topological polar surface area (TPSA) is 22.1 Å². The summed E-state index contributed by atoms with van der Waals surface area (Å²) in [5.74, 6) is 0.713. The molecule has 0 spiro atoms. The van der Waals surface area contributed by atoms with Crippen molar-refractivity contribution < 1.29 is 4.74 Å². The molecule has 0 saturated heterocycles. The van der Waals surface area contributed by atoms with Crippen molar-refractivity contribution in [2.75, 3.05) is 0 Å². The van der Waals surface area contributed by atoms with Crippen molar-refractivity contribution in [1.82, 2.24) is 4.37 Å². The van der Waals surface area contributed by atoms with E-state index in [0.29, 0.717) is 12.5 Å². The molecule has 2 nitrogen and oxygen atoms in total. The quantitative estimate of drug-likeness (QED) is 0.353. The number of rotatable bonds is 4. The van der Waals surface area contributed by atoms with Gasteiger partial charge in [-0.2, -0.15) is 4.37 Å². The van der Waals surface area contributed by atoms with Gasteiger partial charge in [0.05, 0.1) is 8.45 Å². The molecular weight excluding hydrogens is 429 g/mol. The van der Waals surface area contributed by atoms with Crippen LogP contribution in [-0.4, -0.2) is 4.37 Å². The molecule has 0 aliphatic rings. The predicted molar refractivity (Wildman–Crippen MR) is 109 cm³/mol. The Balaban J connectivity index is 1.74. The van der Waals surface area contributed by atoms with Crippen molar-refractivity contribution in [2.24, 2.45) is 0 Å². The van der Waals surface area contributed by atoms with Crippen LogP contribution in [-0.2, 0) is 6.61 Å². The van der Waals surface area contributed by atoms with Gasteiger partial charge >= 0.3 is 0 Å². The average Bonchev–Trinajstić information content (AvgIpc) is 3.01. The largest absolute Gasteiger partial charge is 0.472 e. The molecule has 0 atom stereocenters. The Morgan fingerprint density at radius 1 is 0.875 bits per heavy atom. The van der Waals surface area contributed by atoms with Crippen LogP contribution in [0.15, 0.2) is 72.8 Å². The number of hydrogen-bond acceptors (Lipinski definition) is 3. The highest BCUT2D eigenvalue weighted by Crippen LogP contribution is 2.40. The Labute approximate surface area is 158 Å². The van der Waals surface area contributed by atoms with Crippen LogP contribution in [0.2, 0.25) is 0 Å². The molecule has 24 heavy (non-hydrogen) atoms. The first-order valence-electron chi connectivity index (χ1n) is 7.63. The Kier molecular flexibility index (Phi) is 4.49. The number of aromatic nitrogens is 1. The van der Waals surface area contributed by atoms with Crippen molar-refractivity contribution in [1.29, 1.82) is 0 Å². The van der Waals surface area contributed by atoms with Gasteiger partial charge in [-0.05, 0) is 56.0 Å². The van der Waals surface area contributed by atoms with Crippen molar-refractivity contribution in [3.63, 3.8) is 0 Å². The lowest BCUT2D eigenvalue weighted by Crippen LogP contribution is -1.96. The van der Waals surface area contributed by atoms with Crippen molar-refractivity contribution >= 4 is 44.9 Å². The fourth-order valence-corrected chi connectivity index (χ4v) is 4.16. The molecule has 0 unspecified atom stereocenters. The van der Waals surface area contributed by atoms with E-state index in [1.54, 1.807) is 0 Å². The molecule has 3 aromatic carbocycles. The van der Waals surface area contributed by atoms with Gasteiger partial charge in [-0.25, -0.2) is 0 Å². The van der Waals surface area contributed by atoms with Crippen molar-refractivity contribution in [3.05, 3.63) is 81.2 Å². The van der Waals surface area contributed by atoms with Crippen LogP contribution in [0.25, 0.3) is 21.9 Å². The standard InChI is InChI=1S/C20H14INOS/c21-19-18(17-12-6-10-15-9-4-5-11-16(15)17)20(22-24-19)23-13-14-7-2-1-3-8-14/h1-12H,13H2. The fraction of sp³-hybridized carbons (Fsp3) is 0.0500. The van der Waals surface area contributed by atoms with E-state index >= 15 is 0 Å². The van der Waals surface area contributed by atoms with Crippen LogP contribution in [0.3, 0.4) is 0 Å². The summed E-state index contributed by atoms with van der Waals surface area (Å²) < 4.78 is 11.7. The molecule has 0 fully saturated rings. The van der Waals surface area contributed by atoms with Gasteiger partial charge in [-0.15, -0.1) is 0 Å². The molecule has 0 amide bonds. The molecule has 4 aromatic rings. The van der Waals surface area contributed by atoms with E-state index in [1.807, 2.05) is 18.2 Å². The first-order valence-corrected chi connectivity index (χ1v) is 9.48. The Morgan fingerprint density at radius 2 is 1.62 bits per heavy atom. The lowest BCUT2D eigenvalue weighted by atomic mass is 10.0. The molecule has 1 heterocycles. The minimum atomic E-state index is 0.526. The van der Waals surface area contributed by atoms with Gasteiger partial charge in [0.2, 0.25) is 5.88 Å². The second kappa shape index (κ2) is 6.91. The highest BCUT2D eigenvalue weighted by Gasteiger charge is 2.17. The number of halogens is 1. The maximum Gasteiger partial charge on any atom is 0.234 e. The summed E-state index contributed by atoms with van der Waals surface area (Å²) in [5, 5.41) is 2.45. The van der Waals surface area contributed by atoms with E-state index in [9.17, 15) is 0 Å². The summed E-state index contributed by atoms with van der Waals surface area (Å²) in [5.41, 5.74) is 3.41. The molecule has 0 aliphatic heterocycles. The van der Waals surface area contributed by atoms with Gasteiger partial charge in [0.1, 0.15) is 6.61 Å². The molecule has 0 N–H and O–H groups in total. The molecule has 0 bridgehead atoms. The normalized spacial score (nSPS) is 10.9. The predicted octanol–water partition coefficient (Wildman–Crippen LogP) is 6.15. The van der Waals surface area contributed by atoms with Crippen molar-refractivity contribution in [2.45, 2.75) is 6.61 Å². The van der Waals surface area contributed by atoms with Gasteiger partial charge in [0.25, 0.3) is 0 Å². The highest BCUT2D eigenvalue weighted by molar-refractivity contribution is 14.1. The number of fused-ring (bicyclic) bond motifs is 1. The van der Waals surface area contributed by atoms with E-state index in [2.05, 4.69) is 81.6 Å². The smallest absolute Gasteiger partial charge is 0.234 e. The Hall–Kier alpha value is -1.92. The molecule has 118 valence electrons. The monoisotopic (exact) mass is 443 g/mol. The van der Waals surface area contributed by atoms with Crippen LogP contribution in [0.5, 0.6) is 5.88 Å². The van der Waals surface area contributed by atoms with E-state index in [1.165, 1.54) is 27.9 Å². The van der Waals surface area contributed by atoms with Gasteiger partial charge in [0, 0.05) is 0 Å². The van der Waals surface area contributed by atoms with E-state index in [0.717, 1.165) is 14.0 Å². The number of hydrogen-bond donors (Lipinski definition) is 0. The number of ether oxygens (including phenoxy) is 1. The minimum absolute atomic E-state index is 0.526. The zero-order chi connectivity index (χ0) is 16.4. The summed E-state index contributed by atoms with van der Waals surface area (Å²) >= 11 is 3.83. The summed E-state index contributed by atoms with van der Waals surface area (Å²) in [4.78, 5) is 0. The lowest BCUT2D eigenvalue weighted by Gasteiger charge is -2.09. The average molecular weight is 443 g/mol. The van der Waals surface area contributed by atoms with E-state index in [-0.39, 0.29) is 0 Å². The maximum atomic E-state index is 6.04. The van der Waals surface area contributed by atoms with Gasteiger partial charge < -0.3 is 4.74 Å². The van der Waals surface area contributed by atoms with Gasteiger partial charge in [-0.3, -0.25) is 0 Å². The molecular formula is C20H14INOS. The van der Waals surface area contributed by atoms with Gasteiger partial charge in [-0.1, -0.05) is 72.8 Å². The van der Waals surface area contributed by atoms with E-state index < -0.39 is 0 Å². The minimum Gasteiger partial charge on any atom is -0.472 e. The molecule has 0 saturated carbocycles. The SMILES string of the molecule is Ic1snc(OCc2ccccc2)c1-c1cccc2ccccc12. The number of nitrogens with zero attached hydrogens (tertiary/aromatic N) is 1. The molecule has 0 aliphatic carbocycles. The molecule has 4 heteroatoms. The third kappa shape index (κ3) is 3.03. The second-order valence-corrected chi connectivity index (χ2v) is 8.02. The summed E-state index contributed by atoms with van der Waals surface area (Å²) in [6, 6.07) is 25.0. The Bertz CT molecular complexity index is 976. The van der Waals surface area contributed by atoms with Crippen LogP contribution in [0.1, 0.15) is 5.56 Å². The number of benzene rings is 3. The Morgan fingerprint density at radius 3 is 2.50 bits per heavy atom. The lowest BCUT2D eigenvalue weighted by molar-refractivity contribution is 0.298. The molecule has 0 radical (unpaired) electrons. The second-order valence-electron chi connectivity index (χ2n) is 5.44. The van der Waals surface area contributed by atoms with Crippen molar-refractivity contribution in [3.8, 4) is 17.0 Å². The zero-order valence-electron chi connectivity index (χ0n) is 12.8. The third-order valence-electron chi connectivity index (χ3n) is 3.90.